The first kappa shape index (κ1) is 20.7. The molecule has 27 heavy (non-hydrogen) atoms. The molecular weight excluding hydrogens is 379 g/mol. The fraction of sp³-hybridized carbons (Fsp3) is 0.353. The fourth-order valence-electron chi connectivity index (χ4n) is 2.14. The van der Waals surface area contributed by atoms with Crippen molar-refractivity contribution in [2.75, 3.05) is 25.5 Å². The Labute approximate surface area is 158 Å². The third kappa shape index (κ3) is 5.68. The zero-order chi connectivity index (χ0) is 20.0. The summed E-state index contributed by atoms with van der Waals surface area (Å²) in [4.78, 5) is 21.5. The highest BCUT2D eigenvalue weighted by Crippen LogP contribution is 2.19. The van der Waals surface area contributed by atoms with Crippen molar-refractivity contribution in [1.29, 1.82) is 0 Å². The lowest BCUT2D eigenvalue weighted by Gasteiger charge is -2.12. The molecule has 2 aromatic rings. The first-order chi connectivity index (χ1) is 12.8. The van der Waals surface area contributed by atoms with Crippen LogP contribution in [0.15, 0.2) is 17.1 Å². The van der Waals surface area contributed by atoms with Gasteiger partial charge in [-0.1, -0.05) is 0 Å². The molecule has 0 aliphatic rings. The number of rotatable bonds is 6. The van der Waals surface area contributed by atoms with Gasteiger partial charge in [0.05, 0.1) is 22.9 Å². The molecule has 0 saturated carbocycles. The molecule has 1 heterocycles. The van der Waals surface area contributed by atoms with Crippen molar-refractivity contribution in [2.45, 2.75) is 20.3 Å². The Morgan fingerprint density at radius 3 is 2.56 bits per heavy atom. The van der Waals surface area contributed by atoms with Crippen molar-refractivity contribution in [1.82, 2.24) is 15.6 Å². The summed E-state index contributed by atoms with van der Waals surface area (Å²) in [5.74, 6) is -4.65. The molecular formula is C17H20F3N5OS. The number of nitrogens with one attached hydrogen (secondary N) is 3. The van der Waals surface area contributed by atoms with Gasteiger partial charge in [-0.3, -0.25) is 9.79 Å². The average Bonchev–Trinajstić information content (AvgIpc) is 2.96. The van der Waals surface area contributed by atoms with Crippen molar-refractivity contribution in [3.63, 3.8) is 0 Å². The summed E-state index contributed by atoms with van der Waals surface area (Å²) < 4.78 is 39.6. The van der Waals surface area contributed by atoms with E-state index in [2.05, 4.69) is 25.9 Å². The Hall–Kier alpha value is -2.62. The Kier molecular flexibility index (Phi) is 7.17. The molecule has 2 rings (SSSR count). The quantitative estimate of drug-likeness (QED) is 0.396. The second-order valence-corrected chi connectivity index (χ2v) is 6.91. The van der Waals surface area contributed by atoms with Crippen LogP contribution in [0.4, 0.5) is 18.9 Å². The summed E-state index contributed by atoms with van der Waals surface area (Å²) in [5.41, 5.74) is 0.580. The van der Waals surface area contributed by atoms with Crippen molar-refractivity contribution in [2.24, 2.45) is 4.99 Å². The van der Waals surface area contributed by atoms with Crippen LogP contribution in [-0.2, 0) is 11.2 Å². The minimum Gasteiger partial charge on any atom is -0.356 e. The number of halogens is 3. The predicted octanol–water partition coefficient (Wildman–Crippen LogP) is 2.52. The number of hydrogen-bond donors (Lipinski definition) is 3. The van der Waals surface area contributed by atoms with E-state index in [4.69, 9.17) is 0 Å². The second-order valence-electron chi connectivity index (χ2n) is 5.62. The molecule has 0 unspecified atom stereocenters. The monoisotopic (exact) mass is 399 g/mol. The number of aliphatic imine (C=N–C) groups is 1. The zero-order valence-corrected chi connectivity index (χ0v) is 15.9. The van der Waals surface area contributed by atoms with Gasteiger partial charge in [-0.05, 0) is 26.0 Å². The van der Waals surface area contributed by atoms with Crippen LogP contribution in [0.25, 0.3) is 0 Å². The summed E-state index contributed by atoms with van der Waals surface area (Å²) in [7, 11) is 1.54. The molecule has 0 saturated heterocycles. The number of carbonyl (C=O) groups is 1. The number of benzene rings is 1. The largest absolute Gasteiger partial charge is 0.356 e. The highest BCUT2D eigenvalue weighted by Gasteiger charge is 2.15. The molecule has 0 aliphatic heterocycles. The Morgan fingerprint density at radius 2 is 1.93 bits per heavy atom. The third-order valence-corrected chi connectivity index (χ3v) is 4.79. The predicted molar refractivity (Wildman–Crippen MR) is 99.6 cm³/mol. The van der Waals surface area contributed by atoms with E-state index in [0.29, 0.717) is 18.9 Å². The molecule has 0 fully saturated rings. The van der Waals surface area contributed by atoms with Gasteiger partial charge in [0.15, 0.2) is 23.4 Å². The van der Waals surface area contributed by atoms with Crippen LogP contribution < -0.4 is 16.0 Å². The van der Waals surface area contributed by atoms with E-state index in [9.17, 15) is 18.0 Å². The van der Waals surface area contributed by atoms with E-state index in [0.717, 1.165) is 22.8 Å². The van der Waals surface area contributed by atoms with Crippen LogP contribution in [0.3, 0.4) is 0 Å². The van der Waals surface area contributed by atoms with E-state index in [-0.39, 0.29) is 6.54 Å². The van der Waals surface area contributed by atoms with E-state index < -0.39 is 29.0 Å². The van der Waals surface area contributed by atoms with Gasteiger partial charge in [0, 0.05) is 24.9 Å². The summed E-state index contributed by atoms with van der Waals surface area (Å²) >= 11 is 1.63. The number of hydrogen-bond acceptors (Lipinski definition) is 4. The van der Waals surface area contributed by atoms with Gasteiger partial charge >= 0.3 is 0 Å². The van der Waals surface area contributed by atoms with Crippen molar-refractivity contribution in [3.8, 4) is 0 Å². The summed E-state index contributed by atoms with van der Waals surface area (Å²) in [6.45, 7) is 4.30. The van der Waals surface area contributed by atoms with Crippen molar-refractivity contribution >= 4 is 28.9 Å². The van der Waals surface area contributed by atoms with Crippen LogP contribution in [0, 0.1) is 31.3 Å². The number of aryl methyl sites for hydroxylation is 2. The van der Waals surface area contributed by atoms with Gasteiger partial charge in [-0.2, -0.15) is 0 Å². The molecule has 1 aromatic carbocycles. The molecule has 10 heteroatoms. The molecule has 6 nitrogen and oxygen atoms in total. The van der Waals surface area contributed by atoms with E-state index in [1.54, 1.807) is 18.4 Å². The molecule has 0 aliphatic carbocycles. The Balaban J connectivity index is 1.79. The topological polar surface area (TPSA) is 78.4 Å². The maximum Gasteiger partial charge on any atom is 0.243 e. The number of guanidine groups is 1. The van der Waals surface area contributed by atoms with Gasteiger partial charge in [0.25, 0.3) is 0 Å². The van der Waals surface area contributed by atoms with Gasteiger partial charge in [-0.25, -0.2) is 18.2 Å². The molecule has 1 amide bonds. The molecule has 0 atom stereocenters. The molecule has 3 N–H and O–H groups in total. The lowest BCUT2D eigenvalue weighted by Crippen LogP contribution is -2.42. The van der Waals surface area contributed by atoms with Crippen molar-refractivity contribution in [3.05, 3.63) is 45.2 Å². The molecule has 0 radical (unpaired) electrons. The van der Waals surface area contributed by atoms with Crippen LogP contribution in [-0.4, -0.2) is 37.0 Å². The smallest absolute Gasteiger partial charge is 0.243 e. The van der Waals surface area contributed by atoms with Crippen LogP contribution in [0.2, 0.25) is 0 Å². The number of nitrogens with zero attached hydrogens (tertiary/aromatic N) is 2. The van der Waals surface area contributed by atoms with Crippen LogP contribution in [0.5, 0.6) is 0 Å². The lowest BCUT2D eigenvalue weighted by atomic mass is 10.2. The second kappa shape index (κ2) is 9.36. The first-order valence-electron chi connectivity index (χ1n) is 8.12. The standard InChI is InChI=1S/C17H20F3N5OS/c1-9-10(2)27-14(24-9)6-7-22-17(21-3)23-8-13(26)25-12-5-4-11(18)15(19)16(12)20/h4-5H,6-8H2,1-3H3,(H,25,26)(H2,21,22,23). The number of thiazole rings is 1. The maximum absolute atomic E-state index is 13.6. The number of aromatic nitrogens is 1. The molecule has 1 aromatic heterocycles. The van der Waals surface area contributed by atoms with E-state index >= 15 is 0 Å². The number of anilines is 1. The summed E-state index contributed by atoms with van der Waals surface area (Å²) in [5, 5.41) is 8.97. The van der Waals surface area contributed by atoms with Crippen LogP contribution in [0.1, 0.15) is 15.6 Å². The third-order valence-electron chi connectivity index (χ3n) is 3.65. The van der Waals surface area contributed by atoms with Gasteiger partial charge in [-0.15, -0.1) is 11.3 Å². The average molecular weight is 399 g/mol. The number of amides is 1. The molecule has 0 bridgehead atoms. The van der Waals surface area contributed by atoms with Gasteiger partial charge < -0.3 is 16.0 Å². The molecule has 0 spiro atoms. The lowest BCUT2D eigenvalue weighted by molar-refractivity contribution is -0.115. The number of carbonyl (C=O) groups excluding carboxylic acids is 1. The van der Waals surface area contributed by atoms with Crippen molar-refractivity contribution < 1.29 is 18.0 Å². The Bertz CT molecular complexity index is 834. The summed E-state index contributed by atoms with van der Waals surface area (Å²) in [6.07, 6.45) is 0.701. The normalized spacial score (nSPS) is 11.4. The minimum absolute atomic E-state index is 0.229. The first-order valence-corrected chi connectivity index (χ1v) is 8.94. The highest BCUT2D eigenvalue weighted by atomic mass is 32.1. The van der Waals surface area contributed by atoms with Gasteiger partial charge in [0.1, 0.15) is 0 Å². The Morgan fingerprint density at radius 1 is 1.19 bits per heavy atom. The van der Waals surface area contributed by atoms with Gasteiger partial charge in [0.2, 0.25) is 5.91 Å². The summed E-state index contributed by atoms with van der Waals surface area (Å²) in [6, 6.07) is 1.70. The highest BCUT2D eigenvalue weighted by molar-refractivity contribution is 7.11. The zero-order valence-electron chi connectivity index (χ0n) is 15.1. The van der Waals surface area contributed by atoms with E-state index in [1.807, 2.05) is 13.8 Å². The minimum atomic E-state index is -1.63. The maximum atomic E-state index is 13.6. The van der Waals surface area contributed by atoms with E-state index in [1.165, 1.54) is 4.88 Å². The fourth-order valence-corrected chi connectivity index (χ4v) is 3.07. The van der Waals surface area contributed by atoms with Crippen LogP contribution >= 0.6 is 11.3 Å². The SMILES string of the molecule is CN=C(NCCc1nc(C)c(C)s1)NCC(=O)Nc1ccc(F)c(F)c1F. The molecule has 146 valence electrons.